The molecule has 4 rings (SSSR count). The Morgan fingerprint density at radius 3 is 3.12 bits per heavy atom. The first-order valence-electron chi connectivity index (χ1n) is 8.81. The molecule has 128 valence electrons. The summed E-state index contributed by atoms with van der Waals surface area (Å²) in [5, 5.41) is 0. The number of hydrogen-bond donors (Lipinski definition) is 1. The van der Waals surface area contributed by atoms with Gasteiger partial charge in [-0.05, 0) is 37.3 Å². The van der Waals surface area contributed by atoms with Gasteiger partial charge in [0.1, 0.15) is 5.76 Å². The zero-order chi connectivity index (χ0) is 16.5. The molecule has 1 N–H and O–H groups in total. The number of rotatable bonds is 3. The molecular weight excluding hydrogens is 304 g/mol. The number of nitrogens with zero attached hydrogens (tertiary/aromatic N) is 3. The number of furan rings is 1. The number of aromatic nitrogens is 2. The third-order valence-electron chi connectivity index (χ3n) is 5.06. The Labute approximate surface area is 141 Å². The standard InChI is InChI=1S/C18H24N4O2/c1-13-4-2-7-22(10-13)18-19-16-12-21(11-14-5-3-9-24-14)8-6-15(16)17(23)20-18/h3,5,9,13H,2,4,6-8,10-12H2,1H3,(H,19,20,23). The van der Waals surface area contributed by atoms with E-state index in [9.17, 15) is 4.79 Å². The maximum Gasteiger partial charge on any atom is 0.255 e. The molecule has 2 aliphatic heterocycles. The summed E-state index contributed by atoms with van der Waals surface area (Å²) in [4.78, 5) is 24.8. The first-order chi connectivity index (χ1) is 11.7. The van der Waals surface area contributed by atoms with Crippen LogP contribution in [0.15, 0.2) is 27.6 Å². The van der Waals surface area contributed by atoms with Crippen LogP contribution in [0.2, 0.25) is 0 Å². The van der Waals surface area contributed by atoms with E-state index in [0.717, 1.165) is 62.0 Å². The van der Waals surface area contributed by atoms with Gasteiger partial charge < -0.3 is 9.32 Å². The first-order valence-corrected chi connectivity index (χ1v) is 8.81. The zero-order valence-corrected chi connectivity index (χ0v) is 14.1. The molecule has 0 bridgehead atoms. The van der Waals surface area contributed by atoms with Gasteiger partial charge in [-0.2, -0.15) is 0 Å². The van der Waals surface area contributed by atoms with E-state index in [1.165, 1.54) is 6.42 Å². The molecule has 0 saturated carbocycles. The van der Waals surface area contributed by atoms with Gasteiger partial charge in [0.2, 0.25) is 5.95 Å². The third kappa shape index (κ3) is 3.11. The zero-order valence-electron chi connectivity index (χ0n) is 14.1. The average molecular weight is 328 g/mol. The van der Waals surface area contributed by atoms with Crippen LogP contribution in [0.25, 0.3) is 0 Å². The van der Waals surface area contributed by atoms with Crippen molar-refractivity contribution in [3.8, 4) is 0 Å². The molecule has 4 heterocycles. The van der Waals surface area contributed by atoms with Crippen LogP contribution in [0.4, 0.5) is 5.95 Å². The van der Waals surface area contributed by atoms with Crippen LogP contribution in [-0.4, -0.2) is 34.5 Å². The summed E-state index contributed by atoms with van der Waals surface area (Å²) in [6.07, 6.45) is 4.86. The smallest absolute Gasteiger partial charge is 0.255 e. The lowest BCUT2D eigenvalue weighted by Gasteiger charge is -2.33. The van der Waals surface area contributed by atoms with Crippen molar-refractivity contribution >= 4 is 5.95 Å². The summed E-state index contributed by atoms with van der Waals surface area (Å²) in [7, 11) is 0. The minimum atomic E-state index is 0.0332. The Morgan fingerprint density at radius 2 is 2.33 bits per heavy atom. The van der Waals surface area contributed by atoms with Gasteiger partial charge in [0, 0.05) is 31.7 Å². The van der Waals surface area contributed by atoms with Gasteiger partial charge >= 0.3 is 0 Å². The van der Waals surface area contributed by atoms with E-state index in [1.807, 2.05) is 12.1 Å². The molecule has 6 heteroatoms. The van der Waals surface area contributed by atoms with Crippen molar-refractivity contribution in [2.24, 2.45) is 5.92 Å². The highest BCUT2D eigenvalue weighted by Gasteiger charge is 2.24. The molecular formula is C18H24N4O2. The highest BCUT2D eigenvalue weighted by atomic mass is 16.3. The summed E-state index contributed by atoms with van der Waals surface area (Å²) in [5.41, 5.74) is 1.80. The van der Waals surface area contributed by atoms with Crippen molar-refractivity contribution in [1.29, 1.82) is 0 Å². The van der Waals surface area contributed by atoms with Crippen molar-refractivity contribution in [2.45, 2.75) is 39.3 Å². The van der Waals surface area contributed by atoms with Crippen LogP contribution in [-0.2, 0) is 19.5 Å². The summed E-state index contributed by atoms with van der Waals surface area (Å²) in [6.45, 7) is 6.53. The SMILES string of the molecule is CC1CCCN(c2nc3c(c(=O)[nH]2)CCN(Cc2ccco2)C3)C1. The molecule has 0 aromatic carbocycles. The molecule has 2 aromatic heterocycles. The van der Waals surface area contributed by atoms with E-state index in [1.54, 1.807) is 6.26 Å². The fourth-order valence-corrected chi connectivity index (χ4v) is 3.77. The van der Waals surface area contributed by atoms with Crippen LogP contribution < -0.4 is 10.5 Å². The number of anilines is 1. The average Bonchev–Trinajstić information content (AvgIpc) is 3.07. The monoisotopic (exact) mass is 328 g/mol. The molecule has 0 amide bonds. The summed E-state index contributed by atoms with van der Waals surface area (Å²) in [5.74, 6) is 2.34. The van der Waals surface area contributed by atoms with E-state index >= 15 is 0 Å². The second kappa shape index (κ2) is 6.43. The van der Waals surface area contributed by atoms with Crippen LogP contribution in [0.3, 0.4) is 0 Å². The van der Waals surface area contributed by atoms with Gasteiger partial charge in [0.05, 0.1) is 18.5 Å². The maximum atomic E-state index is 12.5. The highest BCUT2D eigenvalue weighted by Crippen LogP contribution is 2.22. The van der Waals surface area contributed by atoms with Gasteiger partial charge in [0.15, 0.2) is 0 Å². The lowest BCUT2D eigenvalue weighted by atomic mass is 10.0. The second-order valence-electron chi connectivity index (χ2n) is 7.05. The largest absolute Gasteiger partial charge is 0.468 e. The van der Waals surface area contributed by atoms with E-state index in [2.05, 4.69) is 21.7 Å². The number of hydrogen-bond acceptors (Lipinski definition) is 5. The molecule has 2 aromatic rings. The van der Waals surface area contributed by atoms with Gasteiger partial charge in [-0.25, -0.2) is 4.98 Å². The van der Waals surface area contributed by atoms with Crippen molar-refractivity contribution < 1.29 is 4.42 Å². The second-order valence-corrected chi connectivity index (χ2v) is 7.05. The minimum absolute atomic E-state index is 0.0332. The van der Waals surface area contributed by atoms with E-state index in [0.29, 0.717) is 12.5 Å². The number of H-pyrrole nitrogens is 1. The van der Waals surface area contributed by atoms with E-state index in [-0.39, 0.29) is 5.56 Å². The Balaban J connectivity index is 1.56. The lowest BCUT2D eigenvalue weighted by molar-refractivity contribution is 0.221. The maximum absolute atomic E-state index is 12.5. The lowest BCUT2D eigenvalue weighted by Crippen LogP contribution is -2.39. The fourth-order valence-electron chi connectivity index (χ4n) is 3.77. The van der Waals surface area contributed by atoms with Gasteiger partial charge in [-0.15, -0.1) is 0 Å². The molecule has 24 heavy (non-hydrogen) atoms. The molecule has 1 atom stereocenters. The molecule has 0 spiro atoms. The third-order valence-corrected chi connectivity index (χ3v) is 5.06. The van der Waals surface area contributed by atoms with Crippen LogP contribution in [0, 0.1) is 5.92 Å². The van der Waals surface area contributed by atoms with Crippen molar-refractivity contribution in [3.63, 3.8) is 0 Å². The van der Waals surface area contributed by atoms with Crippen molar-refractivity contribution in [2.75, 3.05) is 24.5 Å². The Hall–Kier alpha value is -2.08. The number of aromatic amines is 1. The Morgan fingerprint density at radius 1 is 1.42 bits per heavy atom. The number of fused-ring (bicyclic) bond motifs is 1. The molecule has 6 nitrogen and oxygen atoms in total. The van der Waals surface area contributed by atoms with Crippen molar-refractivity contribution in [1.82, 2.24) is 14.9 Å². The normalized spacial score (nSPS) is 21.7. The molecule has 0 radical (unpaired) electrons. The molecule has 0 aliphatic carbocycles. The van der Waals surface area contributed by atoms with Crippen LogP contribution >= 0.6 is 0 Å². The van der Waals surface area contributed by atoms with Crippen molar-refractivity contribution in [3.05, 3.63) is 45.8 Å². The predicted octanol–water partition coefficient (Wildman–Crippen LogP) is 2.16. The Kier molecular flexibility index (Phi) is 4.14. The van der Waals surface area contributed by atoms with Gasteiger partial charge in [-0.1, -0.05) is 6.92 Å². The first kappa shape index (κ1) is 15.4. The summed E-state index contributed by atoms with van der Waals surface area (Å²) < 4.78 is 5.44. The molecule has 1 fully saturated rings. The topological polar surface area (TPSA) is 65.4 Å². The van der Waals surface area contributed by atoms with E-state index < -0.39 is 0 Å². The molecule has 1 saturated heterocycles. The van der Waals surface area contributed by atoms with Crippen LogP contribution in [0.1, 0.15) is 36.8 Å². The predicted molar refractivity (Wildman–Crippen MR) is 92.0 cm³/mol. The molecule has 1 unspecified atom stereocenters. The summed E-state index contributed by atoms with van der Waals surface area (Å²) >= 11 is 0. The highest BCUT2D eigenvalue weighted by molar-refractivity contribution is 5.35. The quantitative estimate of drug-likeness (QED) is 0.935. The summed E-state index contributed by atoms with van der Waals surface area (Å²) in [6, 6.07) is 3.90. The number of nitrogens with one attached hydrogen (secondary N) is 1. The minimum Gasteiger partial charge on any atom is -0.468 e. The molecule has 2 aliphatic rings. The Bertz CT molecular complexity index is 753. The van der Waals surface area contributed by atoms with Gasteiger partial charge in [0.25, 0.3) is 5.56 Å². The van der Waals surface area contributed by atoms with E-state index in [4.69, 9.17) is 9.40 Å². The van der Waals surface area contributed by atoms with Gasteiger partial charge in [-0.3, -0.25) is 14.7 Å². The number of piperidine rings is 1. The van der Waals surface area contributed by atoms with Crippen LogP contribution in [0.5, 0.6) is 0 Å². The fraction of sp³-hybridized carbons (Fsp3) is 0.556.